The van der Waals surface area contributed by atoms with Gasteiger partial charge in [0.1, 0.15) is 0 Å². The summed E-state index contributed by atoms with van der Waals surface area (Å²) < 4.78 is 4.06. The van der Waals surface area contributed by atoms with Crippen LogP contribution in [-0.4, -0.2) is 30.7 Å². The van der Waals surface area contributed by atoms with E-state index in [1.807, 2.05) is 48.7 Å². The van der Waals surface area contributed by atoms with Crippen molar-refractivity contribution in [2.45, 2.75) is 32.9 Å². The van der Waals surface area contributed by atoms with Crippen LogP contribution in [0.1, 0.15) is 32.9 Å². The molecule has 0 amide bonds. The largest absolute Gasteiger partial charge is 0.318 e. The number of thioether (sulfide) groups is 1. The number of carbonyl (C=O) groups is 1. The third kappa shape index (κ3) is 3.36. The van der Waals surface area contributed by atoms with Crippen LogP contribution in [0.5, 0.6) is 0 Å². The molecule has 0 saturated carbocycles. The molecule has 0 spiro atoms. The fourth-order valence-corrected chi connectivity index (χ4v) is 4.46. The second-order valence-electron chi connectivity index (χ2n) is 7.09. The highest BCUT2D eigenvalue weighted by molar-refractivity contribution is 7.99. The van der Waals surface area contributed by atoms with Gasteiger partial charge < -0.3 is 4.57 Å². The second-order valence-corrected chi connectivity index (χ2v) is 8.03. The number of aryl methyl sites for hydroxylation is 3. The van der Waals surface area contributed by atoms with E-state index in [9.17, 15) is 4.79 Å². The number of benzene rings is 1. The summed E-state index contributed by atoms with van der Waals surface area (Å²) in [5.41, 5.74) is 7.10. The predicted molar refractivity (Wildman–Crippen MR) is 113 cm³/mol. The number of pyridine rings is 1. The average molecular weight is 391 g/mol. The molecule has 3 heterocycles. The standard InChI is InChI=1S/C22H22N4OS/c1-14-9-15(2)11-18(10-14)26-16(3)12-19(17(26)4)20(27)13-28-22-24-23-21-7-5-6-8-25(21)22/h5-12H,13H2,1-4H3. The van der Waals surface area contributed by atoms with Crippen LogP contribution < -0.4 is 0 Å². The van der Waals surface area contributed by atoms with Gasteiger partial charge in [-0.3, -0.25) is 9.20 Å². The lowest BCUT2D eigenvalue weighted by molar-refractivity contribution is 0.102. The van der Waals surface area contributed by atoms with E-state index in [-0.39, 0.29) is 5.78 Å². The topological polar surface area (TPSA) is 52.2 Å². The van der Waals surface area contributed by atoms with Crippen molar-refractivity contribution in [2.24, 2.45) is 0 Å². The quantitative estimate of drug-likeness (QED) is 0.365. The van der Waals surface area contributed by atoms with Crippen molar-refractivity contribution >= 4 is 23.2 Å². The van der Waals surface area contributed by atoms with Gasteiger partial charge in [0.25, 0.3) is 0 Å². The van der Waals surface area contributed by atoms with Crippen LogP contribution in [0.4, 0.5) is 0 Å². The summed E-state index contributed by atoms with van der Waals surface area (Å²) in [5.74, 6) is 0.425. The van der Waals surface area contributed by atoms with Crippen molar-refractivity contribution in [1.82, 2.24) is 19.2 Å². The summed E-state index contributed by atoms with van der Waals surface area (Å²) in [6, 6.07) is 14.2. The fraction of sp³-hybridized carbons (Fsp3) is 0.227. The lowest BCUT2D eigenvalue weighted by Gasteiger charge is -2.12. The predicted octanol–water partition coefficient (Wildman–Crippen LogP) is 4.73. The number of hydrogen-bond acceptors (Lipinski definition) is 4. The number of nitrogens with zero attached hydrogens (tertiary/aromatic N) is 4. The number of Topliss-reactive ketones (excluding diaryl/α,β-unsaturated/α-hetero) is 1. The molecule has 4 rings (SSSR count). The van der Waals surface area contributed by atoms with Crippen molar-refractivity contribution in [3.05, 3.63) is 76.7 Å². The minimum atomic E-state index is 0.0985. The van der Waals surface area contributed by atoms with Gasteiger partial charge in [0.15, 0.2) is 16.6 Å². The van der Waals surface area contributed by atoms with E-state index in [1.54, 1.807) is 0 Å². The summed E-state index contributed by atoms with van der Waals surface area (Å²) in [4.78, 5) is 12.9. The molecular weight excluding hydrogens is 368 g/mol. The average Bonchev–Trinajstić information content (AvgIpc) is 3.19. The highest BCUT2D eigenvalue weighted by Gasteiger charge is 2.18. The Bertz CT molecular complexity index is 1170. The van der Waals surface area contributed by atoms with E-state index in [1.165, 1.54) is 22.9 Å². The molecule has 0 atom stereocenters. The minimum absolute atomic E-state index is 0.0985. The molecule has 0 bridgehead atoms. The molecule has 0 unspecified atom stereocenters. The van der Waals surface area contributed by atoms with Gasteiger partial charge in [0, 0.05) is 28.8 Å². The maximum Gasteiger partial charge on any atom is 0.196 e. The first-order valence-corrected chi connectivity index (χ1v) is 10.2. The zero-order chi connectivity index (χ0) is 19.8. The number of hydrogen-bond donors (Lipinski definition) is 0. The first kappa shape index (κ1) is 18.5. The van der Waals surface area contributed by atoms with Crippen LogP contribution in [-0.2, 0) is 0 Å². The Morgan fingerprint density at radius 1 is 1.00 bits per heavy atom. The monoisotopic (exact) mass is 390 g/mol. The first-order valence-electron chi connectivity index (χ1n) is 9.17. The van der Waals surface area contributed by atoms with E-state index in [4.69, 9.17) is 0 Å². The molecule has 4 aromatic rings. The Hall–Kier alpha value is -2.86. The molecule has 5 nitrogen and oxygen atoms in total. The third-order valence-corrected chi connectivity index (χ3v) is 5.75. The fourth-order valence-electron chi connectivity index (χ4n) is 3.65. The maximum atomic E-state index is 12.9. The summed E-state index contributed by atoms with van der Waals surface area (Å²) in [7, 11) is 0. The Morgan fingerprint density at radius 2 is 1.75 bits per heavy atom. The number of carbonyl (C=O) groups excluding carboxylic acids is 1. The number of fused-ring (bicyclic) bond motifs is 1. The van der Waals surface area contributed by atoms with Gasteiger partial charge in [0.05, 0.1) is 5.75 Å². The minimum Gasteiger partial charge on any atom is -0.318 e. The number of rotatable bonds is 5. The molecule has 0 aliphatic heterocycles. The summed E-state index contributed by atoms with van der Waals surface area (Å²) in [5, 5.41) is 9.06. The van der Waals surface area contributed by atoms with E-state index in [0.29, 0.717) is 5.75 Å². The lowest BCUT2D eigenvalue weighted by atomic mass is 10.1. The van der Waals surface area contributed by atoms with E-state index in [0.717, 1.165) is 33.4 Å². The van der Waals surface area contributed by atoms with Crippen LogP contribution in [0.15, 0.2) is 53.8 Å². The van der Waals surface area contributed by atoms with Crippen molar-refractivity contribution < 1.29 is 4.79 Å². The maximum absolute atomic E-state index is 12.9. The van der Waals surface area contributed by atoms with Gasteiger partial charge in [-0.1, -0.05) is 23.9 Å². The molecule has 3 aromatic heterocycles. The van der Waals surface area contributed by atoms with Crippen molar-refractivity contribution in [1.29, 1.82) is 0 Å². The normalized spacial score (nSPS) is 11.3. The molecule has 142 valence electrons. The number of aromatic nitrogens is 4. The van der Waals surface area contributed by atoms with Crippen molar-refractivity contribution in [2.75, 3.05) is 5.75 Å². The zero-order valence-electron chi connectivity index (χ0n) is 16.4. The Kier molecular flexibility index (Phi) is 4.81. The molecule has 0 aliphatic carbocycles. The van der Waals surface area contributed by atoms with E-state index in [2.05, 4.69) is 46.8 Å². The van der Waals surface area contributed by atoms with E-state index < -0.39 is 0 Å². The molecule has 28 heavy (non-hydrogen) atoms. The molecular formula is C22H22N4OS. The van der Waals surface area contributed by atoms with Gasteiger partial charge in [0.2, 0.25) is 0 Å². The molecule has 0 aliphatic rings. The Morgan fingerprint density at radius 3 is 2.50 bits per heavy atom. The molecule has 6 heteroatoms. The number of ketones is 1. The molecule has 0 radical (unpaired) electrons. The zero-order valence-corrected chi connectivity index (χ0v) is 17.2. The Balaban J connectivity index is 1.60. The molecule has 0 saturated heterocycles. The van der Waals surface area contributed by atoms with Gasteiger partial charge >= 0.3 is 0 Å². The van der Waals surface area contributed by atoms with Gasteiger partial charge in [-0.25, -0.2) is 0 Å². The van der Waals surface area contributed by atoms with Crippen LogP contribution in [0, 0.1) is 27.7 Å². The van der Waals surface area contributed by atoms with E-state index >= 15 is 0 Å². The SMILES string of the molecule is Cc1cc(C)cc(-n2c(C)cc(C(=O)CSc3nnc4ccccn34)c2C)c1. The van der Waals surface area contributed by atoms with Crippen LogP contribution in [0.2, 0.25) is 0 Å². The van der Waals surface area contributed by atoms with Gasteiger partial charge in [-0.05, 0) is 69.2 Å². The third-order valence-electron chi connectivity index (χ3n) is 4.81. The smallest absolute Gasteiger partial charge is 0.196 e. The lowest BCUT2D eigenvalue weighted by Crippen LogP contribution is -2.06. The highest BCUT2D eigenvalue weighted by atomic mass is 32.2. The highest BCUT2D eigenvalue weighted by Crippen LogP contribution is 2.25. The molecule has 0 fully saturated rings. The van der Waals surface area contributed by atoms with Crippen LogP contribution in [0.3, 0.4) is 0 Å². The summed E-state index contributed by atoms with van der Waals surface area (Å²) in [6.45, 7) is 8.24. The van der Waals surface area contributed by atoms with Crippen molar-refractivity contribution in [3.63, 3.8) is 0 Å². The van der Waals surface area contributed by atoms with Crippen LogP contribution >= 0.6 is 11.8 Å². The summed E-state index contributed by atoms with van der Waals surface area (Å²) >= 11 is 1.41. The van der Waals surface area contributed by atoms with Crippen molar-refractivity contribution in [3.8, 4) is 5.69 Å². The first-order chi connectivity index (χ1) is 13.4. The second kappa shape index (κ2) is 7.28. The van der Waals surface area contributed by atoms with Gasteiger partial charge in [-0.2, -0.15) is 0 Å². The van der Waals surface area contributed by atoms with Gasteiger partial charge in [-0.15, -0.1) is 10.2 Å². The Labute approximate surface area is 168 Å². The molecule has 1 aromatic carbocycles. The van der Waals surface area contributed by atoms with Crippen LogP contribution in [0.25, 0.3) is 11.3 Å². The summed E-state index contributed by atoms with van der Waals surface area (Å²) in [6.07, 6.45) is 1.91. The molecule has 0 N–H and O–H groups in total.